The van der Waals surface area contributed by atoms with Gasteiger partial charge < -0.3 is 0 Å². The van der Waals surface area contributed by atoms with Gasteiger partial charge in [0.2, 0.25) is 0 Å². The molecule has 0 bridgehead atoms. The Morgan fingerprint density at radius 1 is 0.917 bits per heavy atom. The highest BCUT2D eigenvalue weighted by Gasteiger charge is 2.56. The predicted molar refractivity (Wildman–Crippen MR) is 50.7 cm³/mol. The van der Waals surface area contributed by atoms with Crippen LogP contribution < -0.4 is 0 Å². The molecule has 0 spiro atoms. The fourth-order valence-corrected chi connectivity index (χ4v) is 3.51. The Morgan fingerprint density at radius 2 is 1.58 bits per heavy atom. The summed E-state index contributed by atoms with van der Waals surface area (Å²) in [7, 11) is 0. The quantitative estimate of drug-likeness (QED) is 0.582. The second-order valence-electron chi connectivity index (χ2n) is 5.09. The van der Waals surface area contributed by atoms with Crippen molar-refractivity contribution in [1.82, 2.24) is 0 Å². The van der Waals surface area contributed by atoms with Crippen LogP contribution >= 0.6 is 0 Å². The van der Waals surface area contributed by atoms with Gasteiger partial charge in [-0.3, -0.25) is 0 Å². The van der Waals surface area contributed by atoms with E-state index in [1.165, 1.54) is 32.1 Å². The zero-order chi connectivity index (χ0) is 8.02. The van der Waals surface area contributed by atoms with Gasteiger partial charge in [-0.05, 0) is 55.8 Å². The molecule has 3 rings (SSSR count). The summed E-state index contributed by atoms with van der Waals surface area (Å²) in [5, 5.41) is 0. The van der Waals surface area contributed by atoms with E-state index in [9.17, 15) is 0 Å². The minimum absolute atomic E-state index is 0.842. The minimum atomic E-state index is 0.842. The Labute approximate surface area is 75.7 Å². The lowest BCUT2D eigenvalue weighted by Gasteiger charge is -2.37. The van der Waals surface area contributed by atoms with Gasteiger partial charge in [0.05, 0.1) is 0 Å². The first-order chi connectivity index (χ1) is 5.92. The molecule has 12 heavy (non-hydrogen) atoms. The summed E-state index contributed by atoms with van der Waals surface area (Å²) in [6.45, 7) is 0. The second-order valence-corrected chi connectivity index (χ2v) is 5.09. The predicted octanol–water partition coefficient (Wildman–Crippen LogP) is 3.72. The van der Waals surface area contributed by atoms with Crippen molar-refractivity contribution >= 4 is 0 Å². The molecule has 0 aliphatic heterocycles. The van der Waals surface area contributed by atoms with E-state index in [-0.39, 0.29) is 0 Å². The number of rotatable bonds is 2. The lowest BCUT2D eigenvalue weighted by atomic mass is 9.67. The lowest BCUT2D eigenvalue weighted by Crippen LogP contribution is -2.27. The highest BCUT2D eigenvalue weighted by molar-refractivity contribution is 5.21. The van der Waals surface area contributed by atoms with Crippen LogP contribution in [0.3, 0.4) is 0 Å². The highest BCUT2D eigenvalue weighted by atomic mass is 14.6. The van der Waals surface area contributed by atoms with E-state index >= 15 is 0 Å². The molecule has 3 saturated carbocycles. The van der Waals surface area contributed by atoms with Crippen molar-refractivity contribution in [2.45, 2.75) is 57.8 Å². The molecule has 0 aromatic heterocycles. The van der Waals surface area contributed by atoms with Crippen LogP contribution in [0.15, 0.2) is 0 Å². The van der Waals surface area contributed by atoms with Gasteiger partial charge >= 0.3 is 0 Å². The molecule has 3 aliphatic carbocycles. The van der Waals surface area contributed by atoms with Crippen molar-refractivity contribution in [3.8, 4) is 0 Å². The van der Waals surface area contributed by atoms with Gasteiger partial charge in [-0.15, -0.1) is 0 Å². The SMILES string of the molecule is C1C[C](C2(C3CCCC3)CC2)C1. The molecule has 0 unspecified atom stereocenters. The van der Waals surface area contributed by atoms with Gasteiger partial charge in [-0.25, -0.2) is 0 Å². The third-order valence-corrected chi connectivity index (χ3v) is 4.59. The van der Waals surface area contributed by atoms with Gasteiger partial charge in [0.15, 0.2) is 0 Å². The molecule has 0 saturated heterocycles. The van der Waals surface area contributed by atoms with Crippen LogP contribution in [0.2, 0.25) is 0 Å². The first-order valence-corrected chi connectivity index (χ1v) is 5.77. The largest absolute Gasteiger partial charge is 0.0530 e. The number of hydrogen-bond donors (Lipinski definition) is 0. The fourth-order valence-electron chi connectivity index (χ4n) is 3.51. The molecule has 0 nitrogen and oxygen atoms in total. The maximum Gasteiger partial charge on any atom is -0.0176 e. The van der Waals surface area contributed by atoms with Crippen molar-refractivity contribution in [2.75, 3.05) is 0 Å². The molecule has 0 atom stereocenters. The smallest absolute Gasteiger partial charge is 0.0176 e. The molecule has 0 aromatic carbocycles. The Hall–Kier alpha value is 0. The summed E-state index contributed by atoms with van der Waals surface area (Å²) in [5.41, 5.74) is 0.842. The van der Waals surface area contributed by atoms with Crippen molar-refractivity contribution in [3.05, 3.63) is 5.92 Å². The van der Waals surface area contributed by atoms with Crippen molar-refractivity contribution in [1.29, 1.82) is 0 Å². The van der Waals surface area contributed by atoms with Crippen molar-refractivity contribution < 1.29 is 0 Å². The van der Waals surface area contributed by atoms with Crippen LogP contribution in [-0.4, -0.2) is 0 Å². The molecule has 0 aromatic rings. The summed E-state index contributed by atoms with van der Waals surface area (Å²) in [5.74, 6) is 3.11. The maximum absolute atomic E-state index is 1.98. The Balaban J connectivity index is 1.71. The molecule has 3 fully saturated rings. The average Bonchev–Trinajstić information content (AvgIpc) is 2.61. The van der Waals surface area contributed by atoms with Gasteiger partial charge in [-0.2, -0.15) is 0 Å². The molecule has 0 heteroatoms. The summed E-state index contributed by atoms with van der Waals surface area (Å²) >= 11 is 0. The van der Waals surface area contributed by atoms with Crippen LogP contribution in [0.1, 0.15) is 57.8 Å². The van der Waals surface area contributed by atoms with Crippen LogP contribution in [-0.2, 0) is 0 Å². The third-order valence-electron chi connectivity index (χ3n) is 4.59. The second kappa shape index (κ2) is 2.49. The maximum atomic E-state index is 1.98. The molecule has 0 heterocycles. The van der Waals surface area contributed by atoms with Crippen molar-refractivity contribution in [3.63, 3.8) is 0 Å². The molecule has 1 radical (unpaired) electrons. The minimum Gasteiger partial charge on any atom is -0.0530 e. The van der Waals surface area contributed by atoms with E-state index in [1.54, 1.807) is 25.7 Å². The number of hydrogen-bond acceptors (Lipinski definition) is 0. The molecule has 3 aliphatic rings. The van der Waals surface area contributed by atoms with E-state index in [2.05, 4.69) is 0 Å². The molecule has 0 N–H and O–H groups in total. The lowest BCUT2D eigenvalue weighted by molar-refractivity contribution is 0.265. The topological polar surface area (TPSA) is 0 Å². The van der Waals surface area contributed by atoms with E-state index in [0.29, 0.717) is 0 Å². The van der Waals surface area contributed by atoms with Crippen LogP contribution in [0.25, 0.3) is 0 Å². The fraction of sp³-hybridized carbons (Fsp3) is 0.917. The first kappa shape index (κ1) is 7.41. The zero-order valence-electron chi connectivity index (χ0n) is 7.94. The zero-order valence-corrected chi connectivity index (χ0v) is 7.94. The van der Waals surface area contributed by atoms with E-state index in [0.717, 1.165) is 11.3 Å². The average molecular weight is 163 g/mol. The van der Waals surface area contributed by atoms with Gasteiger partial charge in [-0.1, -0.05) is 19.3 Å². The summed E-state index contributed by atoms with van der Waals surface area (Å²) in [4.78, 5) is 0. The molecular weight excluding hydrogens is 144 g/mol. The van der Waals surface area contributed by atoms with Crippen LogP contribution in [0.4, 0.5) is 0 Å². The Bertz CT molecular complexity index is 168. The van der Waals surface area contributed by atoms with Gasteiger partial charge in [0, 0.05) is 0 Å². The normalized spacial score (nSPS) is 35.0. The van der Waals surface area contributed by atoms with Crippen LogP contribution in [0, 0.1) is 17.3 Å². The van der Waals surface area contributed by atoms with Gasteiger partial charge in [0.1, 0.15) is 0 Å². The van der Waals surface area contributed by atoms with E-state index < -0.39 is 0 Å². The Kier molecular flexibility index (Phi) is 1.54. The monoisotopic (exact) mass is 163 g/mol. The third kappa shape index (κ3) is 0.900. The van der Waals surface area contributed by atoms with E-state index in [1.807, 2.05) is 5.92 Å². The highest BCUT2D eigenvalue weighted by Crippen LogP contribution is 2.67. The van der Waals surface area contributed by atoms with Crippen LogP contribution in [0.5, 0.6) is 0 Å². The first-order valence-electron chi connectivity index (χ1n) is 5.77. The Morgan fingerprint density at radius 3 is 2.00 bits per heavy atom. The summed E-state index contributed by atoms with van der Waals surface area (Å²) in [6.07, 6.45) is 13.8. The molecular formula is C12H19. The summed E-state index contributed by atoms with van der Waals surface area (Å²) in [6, 6.07) is 0. The van der Waals surface area contributed by atoms with E-state index in [4.69, 9.17) is 0 Å². The standard InChI is InChI=1S/C12H19/c1-2-5-10(4-1)12(8-9-12)11-6-3-7-11/h10H,1-9H2. The molecule has 0 amide bonds. The van der Waals surface area contributed by atoms with Gasteiger partial charge in [0.25, 0.3) is 0 Å². The van der Waals surface area contributed by atoms with Crippen molar-refractivity contribution in [2.24, 2.45) is 11.3 Å². The summed E-state index contributed by atoms with van der Waals surface area (Å²) < 4.78 is 0. The molecule has 67 valence electrons.